The summed E-state index contributed by atoms with van der Waals surface area (Å²) in [7, 11) is 0. The number of hydrogen-bond donors (Lipinski definition) is 1. The van der Waals surface area contributed by atoms with Crippen molar-refractivity contribution in [1.82, 2.24) is 0 Å². The number of aryl methyl sites for hydroxylation is 1. The average molecular weight is 340 g/mol. The molecule has 0 aliphatic rings. The van der Waals surface area contributed by atoms with E-state index in [9.17, 15) is 5.11 Å². The van der Waals surface area contributed by atoms with Crippen LogP contribution in [0.15, 0.2) is 46.9 Å². The highest BCUT2D eigenvalue weighted by atomic mass is 79.9. The molecule has 1 nitrogen and oxygen atoms in total. The number of benzene rings is 2. The van der Waals surface area contributed by atoms with Gasteiger partial charge < -0.3 is 5.11 Å². The molecule has 0 aliphatic carbocycles. The number of aliphatic hydroxyl groups is 1. The molecule has 1 N–H and O–H groups in total. The van der Waals surface area contributed by atoms with Crippen molar-refractivity contribution in [3.63, 3.8) is 0 Å². The van der Waals surface area contributed by atoms with Gasteiger partial charge >= 0.3 is 0 Å². The first-order valence-corrected chi connectivity index (χ1v) is 7.40. The third-order valence-corrected chi connectivity index (χ3v) is 4.20. The topological polar surface area (TPSA) is 20.2 Å². The van der Waals surface area contributed by atoms with Gasteiger partial charge in [0, 0.05) is 15.9 Å². The van der Waals surface area contributed by atoms with E-state index < -0.39 is 6.10 Å². The standard InChI is InChI=1S/C16H16BrClO/c1-11-6-7-13(16(18)8-11)10-14(19)9-12-4-2-3-5-15(12)17/h2-8,14,19H,9-10H2,1H3. The zero-order valence-corrected chi connectivity index (χ0v) is 13.1. The molecule has 1 atom stereocenters. The van der Waals surface area contributed by atoms with E-state index in [1.165, 1.54) is 0 Å². The van der Waals surface area contributed by atoms with Gasteiger partial charge in [0.1, 0.15) is 0 Å². The Labute approximate surface area is 127 Å². The molecular weight excluding hydrogens is 324 g/mol. The fourth-order valence-corrected chi connectivity index (χ4v) is 2.82. The van der Waals surface area contributed by atoms with E-state index in [0.717, 1.165) is 26.2 Å². The van der Waals surface area contributed by atoms with E-state index in [1.807, 2.05) is 49.4 Å². The van der Waals surface area contributed by atoms with Crippen molar-refractivity contribution < 1.29 is 5.11 Å². The molecule has 0 fully saturated rings. The lowest BCUT2D eigenvalue weighted by Gasteiger charge is -2.13. The molecule has 19 heavy (non-hydrogen) atoms. The quantitative estimate of drug-likeness (QED) is 0.866. The van der Waals surface area contributed by atoms with Gasteiger partial charge in [-0.05, 0) is 42.2 Å². The molecule has 2 rings (SSSR count). The smallest absolute Gasteiger partial charge is 0.0621 e. The normalized spacial score (nSPS) is 12.4. The summed E-state index contributed by atoms with van der Waals surface area (Å²) in [6.07, 6.45) is 0.755. The summed E-state index contributed by atoms with van der Waals surface area (Å²) in [5.41, 5.74) is 3.24. The fourth-order valence-electron chi connectivity index (χ4n) is 2.06. The van der Waals surface area contributed by atoms with Gasteiger partial charge in [-0.3, -0.25) is 0 Å². The van der Waals surface area contributed by atoms with Crippen LogP contribution in [-0.2, 0) is 12.8 Å². The van der Waals surface area contributed by atoms with Crippen molar-refractivity contribution in [2.45, 2.75) is 25.9 Å². The maximum Gasteiger partial charge on any atom is 0.0621 e. The highest BCUT2D eigenvalue weighted by molar-refractivity contribution is 9.10. The lowest BCUT2D eigenvalue weighted by molar-refractivity contribution is 0.175. The Morgan fingerprint density at radius 3 is 2.47 bits per heavy atom. The summed E-state index contributed by atoms with van der Waals surface area (Å²) < 4.78 is 1.03. The van der Waals surface area contributed by atoms with Gasteiger partial charge in [0.15, 0.2) is 0 Å². The second-order valence-corrected chi connectivity index (χ2v) is 6.01. The first kappa shape index (κ1) is 14.6. The molecule has 0 spiro atoms. The summed E-state index contributed by atoms with van der Waals surface area (Å²) in [6, 6.07) is 13.9. The van der Waals surface area contributed by atoms with Crippen molar-refractivity contribution in [2.24, 2.45) is 0 Å². The molecule has 0 radical (unpaired) electrons. The van der Waals surface area contributed by atoms with Crippen molar-refractivity contribution in [2.75, 3.05) is 0 Å². The van der Waals surface area contributed by atoms with Gasteiger partial charge in [-0.2, -0.15) is 0 Å². The van der Waals surface area contributed by atoms with E-state index in [2.05, 4.69) is 15.9 Å². The highest BCUT2D eigenvalue weighted by Gasteiger charge is 2.11. The van der Waals surface area contributed by atoms with Crippen molar-refractivity contribution in [3.05, 3.63) is 68.7 Å². The number of rotatable bonds is 4. The van der Waals surface area contributed by atoms with Crippen molar-refractivity contribution in [3.8, 4) is 0 Å². The first-order valence-electron chi connectivity index (χ1n) is 6.23. The Balaban J connectivity index is 2.05. The van der Waals surface area contributed by atoms with Gasteiger partial charge in [0.05, 0.1) is 6.10 Å². The van der Waals surface area contributed by atoms with Crippen LogP contribution in [0.1, 0.15) is 16.7 Å². The molecule has 0 aliphatic heterocycles. The SMILES string of the molecule is Cc1ccc(CC(O)Cc2ccccc2Br)c(Cl)c1. The predicted octanol–water partition coefficient (Wildman–Crippen LogP) is 4.56. The molecule has 0 bridgehead atoms. The lowest BCUT2D eigenvalue weighted by Crippen LogP contribution is -2.14. The maximum atomic E-state index is 10.2. The molecule has 0 heterocycles. The van der Waals surface area contributed by atoms with Crippen LogP contribution in [-0.4, -0.2) is 11.2 Å². The largest absolute Gasteiger partial charge is 0.392 e. The monoisotopic (exact) mass is 338 g/mol. The average Bonchev–Trinajstić information content (AvgIpc) is 2.36. The molecule has 2 aromatic carbocycles. The van der Waals surface area contributed by atoms with E-state index in [-0.39, 0.29) is 0 Å². The molecule has 0 saturated heterocycles. The summed E-state index contributed by atoms with van der Waals surface area (Å²) in [6.45, 7) is 2.01. The van der Waals surface area contributed by atoms with Crippen LogP contribution in [0.5, 0.6) is 0 Å². The van der Waals surface area contributed by atoms with Gasteiger partial charge in [-0.1, -0.05) is 57.9 Å². The van der Waals surface area contributed by atoms with Gasteiger partial charge in [0.25, 0.3) is 0 Å². The zero-order valence-electron chi connectivity index (χ0n) is 10.7. The molecule has 0 saturated carbocycles. The Morgan fingerprint density at radius 1 is 1.11 bits per heavy atom. The molecule has 0 aromatic heterocycles. The summed E-state index contributed by atoms with van der Waals surface area (Å²) >= 11 is 9.68. The molecule has 1 unspecified atom stereocenters. The summed E-state index contributed by atoms with van der Waals surface area (Å²) in [4.78, 5) is 0. The number of aliphatic hydroxyl groups excluding tert-OH is 1. The van der Waals surface area contributed by atoms with Crippen LogP contribution in [0, 0.1) is 6.92 Å². The van der Waals surface area contributed by atoms with Gasteiger partial charge in [0.2, 0.25) is 0 Å². The second-order valence-electron chi connectivity index (χ2n) is 4.75. The third-order valence-electron chi connectivity index (χ3n) is 3.08. The fraction of sp³-hybridized carbons (Fsp3) is 0.250. The Morgan fingerprint density at radius 2 is 1.79 bits per heavy atom. The minimum absolute atomic E-state index is 0.432. The molecule has 0 amide bonds. The van der Waals surface area contributed by atoms with E-state index in [0.29, 0.717) is 12.8 Å². The maximum absolute atomic E-state index is 10.2. The van der Waals surface area contributed by atoms with Crippen LogP contribution in [0.25, 0.3) is 0 Å². The van der Waals surface area contributed by atoms with E-state index >= 15 is 0 Å². The summed E-state index contributed by atoms with van der Waals surface area (Å²) in [5, 5.41) is 10.9. The van der Waals surface area contributed by atoms with Gasteiger partial charge in [-0.15, -0.1) is 0 Å². The molecule has 100 valence electrons. The van der Waals surface area contributed by atoms with Crippen molar-refractivity contribution >= 4 is 27.5 Å². The molecule has 3 heteroatoms. The minimum Gasteiger partial charge on any atom is -0.392 e. The van der Waals surface area contributed by atoms with Crippen LogP contribution < -0.4 is 0 Å². The Hall–Kier alpha value is -0.830. The summed E-state index contributed by atoms with van der Waals surface area (Å²) in [5.74, 6) is 0. The zero-order chi connectivity index (χ0) is 13.8. The Bertz CT molecular complexity index is 568. The van der Waals surface area contributed by atoms with Crippen LogP contribution >= 0.6 is 27.5 Å². The van der Waals surface area contributed by atoms with Crippen LogP contribution in [0.4, 0.5) is 0 Å². The molecular formula is C16H16BrClO. The molecule has 2 aromatic rings. The number of hydrogen-bond acceptors (Lipinski definition) is 1. The van der Waals surface area contributed by atoms with Gasteiger partial charge in [-0.25, -0.2) is 0 Å². The van der Waals surface area contributed by atoms with Crippen molar-refractivity contribution in [1.29, 1.82) is 0 Å². The predicted molar refractivity (Wildman–Crippen MR) is 83.7 cm³/mol. The van der Waals surface area contributed by atoms with Crippen LogP contribution in [0.2, 0.25) is 5.02 Å². The minimum atomic E-state index is -0.432. The number of halogens is 2. The lowest BCUT2D eigenvalue weighted by atomic mass is 10.0. The van der Waals surface area contributed by atoms with E-state index in [1.54, 1.807) is 0 Å². The highest BCUT2D eigenvalue weighted by Crippen LogP contribution is 2.22. The Kier molecular flexibility index (Phi) is 5.03. The van der Waals surface area contributed by atoms with Crippen LogP contribution in [0.3, 0.4) is 0 Å². The third kappa shape index (κ3) is 4.07. The first-order chi connectivity index (χ1) is 9.06. The second kappa shape index (κ2) is 6.56. The van der Waals surface area contributed by atoms with E-state index in [4.69, 9.17) is 11.6 Å².